The van der Waals surface area contributed by atoms with Crippen LogP contribution in [0.5, 0.6) is 5.75 Å². The van der Waals surface area contributed by atoms with Crippen molar-refractivity contribution in [2.45, 2.75) is 18.0 Å². The van der Waals surface area contributed by atoms with Crippen molar-refractivity contribution >= 4 is 22.1 Å². The second-order valence-corrected chi connectivity index (χ2v) is 6.51. The SMILES string of the molecule is C=CC(=O)Oc1ccccc1C(=O)OC(CS(=O)(=O)O)(C(F)(F)F)C(F)(F)F. The smallest absolute Gasteiger partial charge is 0.434 e. The number of halogens is 6. The molecule has 0 atom stereocenters. The van der Waals surface area contributed by atoms with E-state index in [4.69, 9.17) is 4.55 Å². The molecule has 7 nitrogen and oxygen atoms in total. The minimum Gasteiger partial charge on any atom is -0.434 e. The van der Waals surface area contributed by atoms with Crippen LogP contribution >= 0.6 is 0 Å². The van der Waals surface area contributed by atoms with Gasteiger partial charge in [0.25, 0.3) is 10.1 Å². The molecule has 0 heterocycles. The predicted molar refractivity (Wildman–Crippen MR) is 78.9 cm³/mol. The molecule has 156 valence electrons. The van der Waals surface area contributed by atoms with Crippen molar-refractivity contribution in [1.82, 2.24) is 0 Å². The third-order valence-electron chi connectivity index (χ3n) is 3.05. The Labute approximate surface area is 153 Å². The Hall–Kier alpha value is -2.61. The average molecular weight is 436 g/mol. The van der Waals surface area contributed by atoms with E-state index in [1.54, 1.807) is 0 Å². The summed E-state index contributed by atoms with van der Waals surface area (Å²) in [4.78, 5) is 23.2. The quantitative estimate of drug-likeness (QED) is 0.240. The van der Waals surface area contributed by atoms with Crippen molar-refractivity contribution in [3.63, 3.8) is 0 Å². The van der Waals surface area contributed by atoms with E-state index in [9.17, 15) is 44.3 Å². The highest BCUT2D eigenvalue weighted by atomic mass is 32.2. The van der Waals surface area contributed by atoms with Crippen LogP contribution in [-0.2, 0) is 19.6 Å². The summed E-state index contributed by atoms with van der Waals surface area (Å²) in [6.45, 7) is 3.01. The van der Waals surface area contributed by atoms with Gasteiger partial charge in [0.05, 0.1) is 0 Å². The number of para-hydroxylation sites is 1. The summed E-state index contributed by atoms with van der Waals surface area (Å²) < 4.78 is 117. The number of carbonyl (C=O) groups is 2. The van der Waals surface area contributed by atoms with E-state index in [0.29, 0.717) is 12.1 Å². The number of esters is 2. The highest BCUT2D eigenvalue weighted by Crippen LogP contribution is 2.47. The third kappa shape index (κ3) is 5.22. The Kier molecular flexibility index (Phi) is 6.52. The van der Waals surface area contributed by atoms with Gasteiger partial charge in [-0.25, -0.2) is 9.59 Å². The van der Waals surface area contributed by atoms with Crippen LogP contribution in [-0.4, -0.2) is 48.6 Å². The molecule has 0 amide bonds. The molecule has 0 aliphatic rings. The monoisotopic (exact) mass is 436 g/mol. The molecule has 0 saturated heterocycles. The zero-order chi connectivity index (χ0) is 22.0. The number of rotatable bonds is 6. The van der Waals surface area contributed by atoms with E-state index < -0.39 is 57.1 Å². The number of hydrogen-bond acceptors (Lipinski definition) is 6. The second-order valence-electron chi connectivity index (χ2n) is 5.06. The van der Waals surface area contributed by atoms with Gasteiger partial charge < -0.3 is 9.47 Å². The fourth-order valence-electron chi connectivity index (χ4n) is 1.81. The Morgan fingerprint density at radius 3 is 2.00 bits per heavy atom. The molecule has 0 fully saturated rings. The summed E-state index contributed by atoms with van der Waals surface area (Å²) in [6.07, 6.45) is -12.4. The fraction of sp³-hybridized carbons (Fsp3) is 0.286. The summed E-state index contributed by atoms with van der Waals surface area (Å²) in [6, 6.07) is 3.64. The van der Waals surface area contributed by atoms with Crippen molar-refractivity contribution in [1.29, 1.82) is 0 Å². The maximum Gasteiger partial charge on any atom is 0.438 e. The summed E-state index contributed by atoms with van der Waals surface area (Å²) in [5.74, 6) is -7.32. The van der Waals surface area contributed by atoms with E-state index >= 15 is 0 Å². The van der Waals surface area contributed by atoms with E-state index in [-0.39, 0.29) is 0 Å². The third-order valence-corrected chi connectivity index (χ3v) is 3.82. The summed E-state index contributed by atoms with van der Waals surface area (Å²) in [5.41, 5.74) is -6.63. The summed E-state index contributed by atoms with van der Waals surface area (Å²) in [5, 5.41) is 0. The van der Waals surface area contributed by atoms with Gasteiger partial charge in [-0.3, -0.25) is 4.55 Å². The molecule has 14 heteroatoms. The van der Waals surface area contributed by atoms with Crippen LogP contribution in [0, 0.1) is 0 Å². The second kappa shape index (κ2) is 7.79. The molecule has 0 aliphatic carbocycles. The minimum absolute atomic E-state index is 0.593. The van der Waals surface area contributed by atoms with Gasteiger partial charge in [0.15, 0.2) is 0 Å². The maximum atomic E-state index is 13.2. The predicted octanol–water partition coefficient (Wildman–Crippen LogP) is 2.69. The molecule has 0 unspecified atom stereocenters. The number of ether oxygens (including phenoxy) is 2. The van der Waals surface area contributed by atoms with Crippen molar-refractivity contribution in [3.05, 3.63) is 42.5 Å². The molecule has 0 spiro atoms. The topological polar surface area (TPSA) is 107 Å². The van der Waals surface area contributed by atoms with Crippen molar-refractivity contribution in [3.8, 4) is 5.75 Å². The first-order valence-electron chi connectivity index (χ1n) is 6.79. The van der Waals surface area contributed by atoms with Crippen LogP contribution in [0.15, 0.2) is 36.9 Å². The standard InChI is InChI=1S/C14H10F6O7S/c1-2-10(21)26-9-6-4-3-5-8(9)11(22)27-12(13(15,16)17,14(18,19)20)7-28(23,24)25/h2-6H,1,7H2,(H,23,24,25). The Morgan fingerprint density at radius 1 is 1.07 bits per heavy atom. The van der Waals surface area contributed by atoms with Crippen LogP contribution in [0.3, 0.4) is 0 Å². The molecule has 0 aliphatic heterocycles. The maximum absolute atomic E-state index is 13.2. The first-order valence-corrected chi connectivity index (χ1v) is 8.40. The highest BCUT2D eigenvalue weighted by Gasteiger charge is 2.76. The van der Waals surface area contributed by atoms with Gasteiger partial charge in [-0.1, -0.05) is 18.7 Å². The van der Waals surface area contributed by atoms with E-state index in [0.717, 1.165) is 18.2 Å². The van der Waals surface area contributed by atoms with E-state index in [1.807, 2.05) is 0 Å². The van der Waals surface area contributed by atoms with Gasteiger partial charge in [-0.15, -0.1) is 0 Å². The number of benzene rings is 1. The van der Waals surface area contributed by atoms with Crippen LogP contribution in [0.25, 0.3) is 0 Å². The van der Waals surface area contributed by atoms with Crippen LogP contribution in [0.4, 0.5) is 26.3 Å². The molecule has 1 aromatic carbocycles. The molecule has 0 aromatic heterocycles. The van der Waals surface area contributed by atoms with Crippen LogP contribution < -0.4 is 4.74 Å². The Morgan fingerprint density at radius 2 is 1.57 bits per heavy atom. The van der Waals surface area contributed by atoms with Gasteiger partial charge in [0.2, 0.25) is 0 Å². The van der Waals surface area contributed by atoms with Crippen molar-refractivity contribution in [2.24, 2.45) is 0 Å². The molecule has 0 saturated carbocycles. The molecule has 1 N–H and O–H groups in total. The van der Waals surface area contributed by atoms with Gasteiger partial charge in [0.1, 0.15) is 17.1 Å². The molecular weight excluding hydrogens is 426 g/mol. The van der Waals surface area contributed by atoms with Gasteiger partial charge >= 0.3 is 29.9 Å². The Balaban J connectivity index is 3.51. The van der Waals surface area contributed by atoms with Crippen molar-refractivity contribution in [2.75, 3.05) is 5.75 Å². The molecule has 0 radical (unpaired) electrons. The van der Waals surface area contributed by atoms with Crippen LogP contribution in [0.1, 0.15) is 10.4 Å². The average Bonchev–Trinajstić information content (AvgIpc) is 2.51. The first kappa shape index (κ1) is 23.4. The van der Waals surface area contributed by atoms with Crippen LogP contribution in [0.2, 0.25) is 0 Å². The lowest BCUT2D eigenvalue weighted by Crippen LogP contribution is -2.63. The number of carbonyl (C=O) groups excluding carboxylic acids is 2. The van der Waals surface area contributed by atoms with Gasteiger partial charge in [-0.2, -0.15) is 34.8 Å². The minimum atomic E-state index is -6.48. The lowest BCUT2D eigenvalue weighted by atomic mass is 10.1. The fourth-order valence-corrected chi connectivity index (χ4v) is 2.71. The molecule has 1 aromatic rings. The first-order chi connectivity index (χ1) is 12.5. The summed E-state index contributed by atoms with van der Waals surface area (Å²) >= 11 is 0. The largest absolute Gasteiger partial charge is 0.438 e. The number of hydrogen-bond donors (Lipinski definition) is 1. The van der Waals surface area contributed by atoms with E-state index in [1.165, 1.54) is 0 Å². The Bertz CT molecular complexity index is 859. The van der Waals surface area contributed by atoms with Crippen molar-refractivity contribution < 1.29 is 58.4 Å². The molecule has 0 bridgehead atoms. The molecular formula is C14H10F6O7S. The molecule has 1 rings (SSSR count). The van der Waals surface area contributed by atoms with E-state index in [2.05, 4.69) is 16.1 Å². The van der Waals surface area contributed by atoms with Gasteiger partial charge in [0, 0.05) is 6.08 Å². The van der Waals surface area contributed by atoms with Gasteiger partial charge in [-0.05, 0) is 12.1 Å². The normalized spacial score (nSPS) is 13.0. The lowest BCUT2D eigenvalue weighted by Gasteiger charge is -2.35. The lowest BCUT2D eigenvalue weighted by molar-refractivity contribution is -0.356. The molecule has 28 heavy (non-hydrogen) atoms. The zero-order valence-corrected chi connectivity index (χ0v) is 14.2. The zero-order valence-electron chi connectivity index (χ0n) is 13.4. The summed E-state index contributed by atoms with van der Waals surface area (Å²) in [7, 11) is -5.92. The number of alkyl halides is 6. The highest BCUT2D eigenvalue weighted by molar-refractivity contribution is 7.85.